The Balaban J connectivity index is 2.00. The summed E-state index contributed by atoms with van der Waals surface area (Å²) in [5, 5.41) is 6.00. The van der Waals surface area contributed by atoms with E-state index in [1.54, 1.807) is 10.4 Å². The molecule has 0 radical (unpaired) electrons. The first-order valence-corrected chi connectivity index (χ1v) is 7.05. The van der Waals surface area contributed by atoms with Crippen LogP contribution in [0.3, 0.4) is 0 Å². The van der Waals surface area contributed by atoms with Gasteiger partial charge in [-0.05, 0) is 50.1 Å². The van der Waals surface area contributed by atoms with E-state index in [1.165, 1.54) is 6.42 Å². The Bertz CT molecular complexity index is 377. The molecule has 2 atom stereocenters. The molecule has 88 valence electrons. The third kappa shape index (κ3) is 1.62. The summed E-state index contributed by atoms with van der Waals surface area (Å²) in [5.41, 5.74) is 1.75. The predicted molar refractivity (Wildman–Crippen MR) is 66.9 cm³/mol. The van der Waals surface area contributed by atoms with E-state index < -0.39 is 0 Å². The van der Waals surface area contributed by atoms with Crippen LogP contribution in [0.15, 0.2) is 11.4 Å². The number of hydrogen-bond donors (Lipinski definition) is 1. The minimum absolute atomic E-state index is 0.199. The molecule has 0 aromatic carbocycles. The maximum absolute atomic E-state index is 5.87. The van der Waals surface area contributed by atoms with Crippen molar-refractivity contribution >= 4 is 11.3 Å². The van der Waals surface area contributed by atoms with Crippen molar-refractivity contribution in [2.24, 2.45) is 0 Å². The summed E-state index contributed by atoms with van der Waals surface area (Å²) in [6.45, 7) is 5.51. The molecule has 2 aliphatic heterocycles. The highest BCUT2D eigenvalue weighted by molar-refractivity contribution is 7.10. The zero-order valence-corrected chi connectivity index (χ0v) is 10.8. The van der Waals surface area contributed by atoms with Crippen molar-refractivity contribution in [2.75, 3.05) is 6.54 Å². The summed E-state index contributed by atoms with van der Waals surface area (Å²) < 4.78 is 5.87. The quantitative estimate of drug-likeness (QED) is 0.749. The van der Waals surface area contributed by atoms with Crippen LogP contribution in [0.4, 0.5) is 0 Å². The Morgan fingerprint density at radius 1 is 1.38 bits per heavy atom. The fraction of sp³-hybridized carbons (Fsp3) is 0.692. The summed E-state index contributed by atoms with van der Waals surface area (Å²) in [4.78, 5) is 1.58. The van der Waals surface area contributed by atoms with Gasteiger partial charge in [-0.15, -0.1) is 11.3 Å². The molecule has 0 saturated carbocycles. The highest BCUT2D eigenvalue weighted by Crippen LogP contribution is 2.42. The van der Waals surface area contributed by atoms with E-state index >= 15 is 0 Å². The van der Waals surface area contributed by atoms with Crippen molar-refractivity contribution in [3.8, 4) is 0 Å². The Morgan fingerprint density at radius 3 is 2.88 bits per heavy atom. The average Bonchev–Trinajstić information content (AvgIpc) is 2.65. The highest BCUT2D eigenvalue weighted by atomic mass is 32.1. The molecular formula is C13H19NOS. The number of ether oxygens (including phenoxy) is 1. The van der Waals surface area contributed by atoms with Gasteiger partial charge in [0.15, 0.2) is 0 Å². The number of rotatable bonds is 0. The van der Waals surface area contributed by atoms with E-state index in [4.69, 9.17) is 4.74 Å². The van der Waals surface area contributed by atoms with Crippen LogP contribution in [-0.4, -0.2) is 18.8 Å². The molecular weight excluding hydrogens is 218 g/mol. The topological polar surface area (TPSA) is 21.3 Å². The summed E-state index contributed by atoms with van der Waals surface area (Å²) in [5.74, 6) is 0. The van der Waals surface area contributed by atoms with Gasteiger partial charge < -0.3 is 10.1 Å². The van der Waals surface area contributed by atoms with Crippen molar-refractivity contribution in [1.82, 2.24) is 5.32 Å². The van der Waals surface area contributed by atoms with Crippen molar-refractivity contribution in [3.63, 3.8) is 0 Å². The zero-order chi connectivity index (χ0) is 11.2. The van der Waals surface area contributed by atoms with Gasteiger partial charge >= 0.3 is 0 Å². The van der Waals surface area contributed by atoms with Gasteiger partial charge in [0.25, 0.3) is 0 Å². The first kappa shape index (κ1) is 10.8. The molecule has 0 aliphatic carbocycles. The van der Waals surface area contributed by atoms with Crippen LogP contribution in [-0.2, 0) is 16.7 Å². The maximum atomic E-state index is 5.87. The van der Waals surface area contributed by atoms with E-state index in [0.29, 0.717) is 12.2 Å². The highest BCUT2D eigenvalue weighted by Gasteiger charge is 2.42. The van der Waals surface area contributed by atoms with Gasteiger partial charge in [0.1, 0.15) is 0 Å². The van der Waals surface area contributed by atoms with Crippen molar-refractivity contribution < 1.29 is 4.74 Å². The standard InChI is InChI=1S/C13H19NOS/c1-9-7-13(8-10(2)15-9)11-4-6-16-12(11)3-5-14-13/h4,6,9-10,14H,3,5,7-8H2,1-2H3. The van der Waals surface area contributed by atoms with Gasteiger partial charge in [0.05, 0.1) is 12.2 Å². The molecule has 3 heterocycles. The van der Waals surface area contributed by atoms with Crippen LogP contribution in [0, 0.1) is 0 Å². The lowest BCUT2D eigenvalue weighted by Crippen LogP contribution is -2.53. The lowest BCUT2D eigenvalue weighted by Gasteiger charge is -2.46. The molecule has 1 N–H and O–H groups in total. The van der Waals surface area contributed by atoms with Crippen molar-refractivity contribution in [1.29, 1.82) is 0 Å². The van der Waals surface area contributed by atoms with Gasteiger partial charge in [0.2, 0.25) is 0 Å². The second kappa shape index (κ2) is 3.83. The predicted octanol–water partition coefficient (Wildman–Crippen LogP) is 2.68. The van der Waals surface area contributed by atoms with Crippen LogP contribution in [0.2, 0.25) is 0 Å². The third-order valence-electron chi connectivity index (χ3n) is 3.81. The normalized spacial score (nSPS) is 38.6. The van der Waals surface area contributed by atoms with Crippen LogP contribution in [0.5, 0.6) is 0 Å². The molecule has 3 rings (SSSR count). The molecule has 0 amide bonds. The van der Waals surface area contributed by atoms with Crippen LogP contribution in [0.25, 0.3) is 0 Å². The number of thiophene rings is 1. The molecule has 1 aromatic rings. The molecule has 16 heavy (non-hydrogen) atoms. The van der Waals surface area contributed by atoms with Crippen LogP contribution >= 0.6 is 11.3 Å². The van der Waals surface area contributed by atoms with Crippen LogP contribution in [0.1, 0.15) is 37.1 Å². The van der Waals surface area contributed by atoms with Crippen molar-refractivity contribution in [2.45, 2.75) is 50.9 Å². The molecule has 2 unspecified atom stereocenters. The molecule has 1 fully saturated rings. The van der Waals surface area contributed by atoms with Gasteiger partial charge in [-0.1, -0.05) is 0 Å². The zero-order valence-electron chi connectivity index (χ0n) is 9.95. The minimum Gasteiger partial charge on any atom is -0.375 e. The Kier molecular flexibility index (Phi) is 2.57. The van der Waals surface area contributed by atoms with Crippen LogP contribution < -0.4 is 5.32 Å². The van der Waals surface area contributed by atoms with Crippen molar-refractivity contribution in [3.05, 3.63) is 21.9 Å². The summed E-state index contributed by atoms with van der Waals surface area (Å²) in [7, 11) is 0. The van der Waals surface area contributed by atoms with Gasteiger partial charge in [0, 0.05) is 17.0 Å². The first-order chi connectivity index (χ1) is 7.70. The van der Waals surface area contributed by atoms with Gasteiger partial charge in [-0.2, -0.15) is 0 Å². The fourth-order valence-electron chi connectivity index (χ4n) is 3.39. The van der Waals surface area contributed by atoms with Gasteiger partial charge in [-0.25, -0.2) is 0 Å². The SMILES string of the molecule is CC1CC2(CC(C)O1)NCCc1sccc12. The van der Waals surface area contributed by atoms with E-state index in [1.807, 2.05) is 11.3 Å². The largest absolute Gasteiger partial charge is 0.375 e. The van der Waals surface area contributed by atoms with E-state index in [-0.39, 0.29) is 5.54 Å². The Morgan fingerprint density at radius 2 is 2.12 bits per heavy atom. The summed E-state index contributed by atoms with van der Waals surface area (Å²) >= 11 is 1.91. The third-order valence-corrected chi connectivity index (χ3v) is 4.79. The molecule has 2 nitrogen and oxygen atoms in total. The Labute approximate surface area is 101 Å². The number of hydrogen-bond acceptors (Lipinski definition) is 3. The lowest BCUT2D eigenvalue weighted by atomic mass is 9.76. The molecule has 2 aliphatic rings. The van der Waals surface area contributed by atoms with E-state index in [2.05, 4.69) is 30.6 Å². The first-order valence-electron chi connectivity index (χ1n) is 6.17. The van der Waals surface area contributed by atoms with E-state index in [0.717, 1.165) is 19.4 Å². The second-order valence-electron chi connectivity index (χ2n) is 5.18. The molecule has 1 aromatic heterocycles. The lowest BCUT2D eigenvalue weighted by molar-refractivity contribution is -0.0724. The summed E-state index contributed by atoms with van der Waals surface area (Å²) in [6, 6.07) is 2.32. The monoisotopic (exact) mass is 237 g/mol. The van der Waals surface area contributed by atoms with Gasteiger partial charge in [-0.3, -0.25) is 0 Å². The Hall–Kier alpha value is -0.380. The maximum Gasteiger partial charge on any atom is 0.0571 e. The molecule has 1 spiro atoms. The molecule has 0 bridgehead atoms. The fourth-order valence-corrected chi connectivity index (χ4v) is 4.37. The second-order valence-corrected chi connectivity index (χ2v) is 6.18. The molecule has 1 saturated heterocycles. The smallest absolute Gasteiger partial charge is 0.0571 e. The molecule has 3 heteroatoms. The number of nitrogens with one attached hydrogen (secondary N) is 1. The van der Waals surface area contributed by atoms with E-state index in [9.17, 15) is 0 Å². The summed E-state index contributed by atoms with van der Waals surface area (Å²) in [6.07, 6.45) is 4.14. The average molecular weight is 237 g/mol. The minimum atomic E-state index is 0.199. The number of fused-ring (bicyclic) bond motifs is 2.